The monoisotopic (exact) mass is 258 g/mol. The number of nitrogens with zero attached hydrogens (tertiary/aromatic N) is 2. The first-order valence-corrected chi connectivity index (χ1v) is 7.05. The molecule has 4 heteroatoms. The molecule has 4 nitrogen and oxygen atoms in total. The summed E-state index contributed by atoms with van der Waals surface area (Å²) in [5.41, 5.74) is 3.56. The lowest BCUT2D eigenvalue weighted by Gasteiger charge is -2.20. The van der Waals surface area contributed by atoms with Crippen LogP contribution < -0.4 is 5.32 Å². The summed E-state index contributed by atoms with van der Waals surface area (Å²) in [6.07, 6.45) is 1.31. The van der Waals surface area contributed by atoms with Gasteiger partial charge in [0.1, 0.15) is 5.82 Å². The number of imidazole rings is 1. The van der Waals surface area contributed by atoms with Crippen LogP contribution in [0.15, 0.2) is 18.2 Å². The summed E-state index contributed by atoms with van der Waals surface area (Å²) in [6, 6.07) is 6.52. The minimum absolute atomic E-state index is 0.808. The van der Waals surface area contributed by atoms with Gasteiger partial charge in [0.25, 0.3) is 0 Å². The third-order valence-corrected chi connectivity index (χ3v) is 3.85. The molecule has 1 fully saturated rings. The number of H-pyrrole nitrogens is 1. The number of aromatic amines is 1. The average molecular weight is 258 g/mol. The summed E-state index contributed by atoms with van der Waals surface area (Å²) in [7, 11) is 2.21. The lowest BCUT2D eigenvalue weighted by Crippen LogP contribution is -2.26. The number of hydrogen-bond donors (Lipinski definition) is 2. The Morgan fingerprint density at radius 1 is 1.42 bits per heavy atom. The number of benzene rings is 1. The summed E-state index contributed by atoms with van der Waals surface area (Å²) < 4.78 is 0. The average Bonchev–Trinajstić information content (AvgIpc) is 2.96. The topological polar surface area (TPSA) is 44.0 Å². The van der Waals surface area contributed by atoms with Gasteiger partial charge in [0.05, 0.1) is 11.0 Å². The van der Waals surface area contributed by atoms with Crippen LogP contribution in [-0.4, -0.2) is 41.5 Å². The fourth-order valence-electron chi connectivity index (χ4n) is 2.97. The van der Waals surface area contributed by atoms with Crippen LogP contribution in [0, 0.1) is 12.8 Å². The maximum absolute atomic E-state index is 4.44. The van der Waals surface area contributed by atoms with E-state index >= 15 is 0 Å². The van der Waals surface area contributed by atoms with Gasteiger partial charge < -0.3 is 15.2 Å². The molecule has 0 saturated carbocycles. The van der Waals surface area contributed by atoms with Crippen molar-refractivity contribution in [2.24, 2.45) is 5.92 Å². The molecule has 2 heterocycles. The molecule has 1 aromatic heterocycles. The van der Waals surface area contributed by atoms with Gasteiger partial charge >= 0.3 is 0 Å². The van der Waals surface area contributed by atoms with Crippen LogP contribution in [0.3, 0.4) is 0 Å². The summed E-state index contributed by atoms with van der Waals surface area (Å²) in [5, 5.41) is 3.43. The lowest BCUT2D eigenvalue weighted by atomic mass is 10.1. The summed E-state index contributed by atoms with van der Waals surface area (Å²) in [5.74, 6) is 1.79. The molecule has 0 spiro atoms. The molecule has 1 saturated heterocycles. The summed E-state index contributed by atoms with van der Waals surface area (Å²) >= 11 is 0. The van der Waals surface area contributed by atoms with Crippen LogP contribution in [0.1, 0.15) is 17.8 Å². The molecular weight excluding hydrogens is 236 g/mol. The minimum Gasteiger partial charge on any atom is -0.342 e. The molecule has 1 aliphatic rings. The Morgan fingerprint density at radius 2 is 2.32 bits per heavy atom. The first kappa shape index (κ1) is 12.6. The van der Waals surface area contributed by atoms with Gasteiger partial charge in [-0.25, -0.2) is 4.98 Å². The number of aromatic nitrogens is 2. The van der Waals surface area contributed by atoms with E-state index < -0.39 is 0 Å². The van der Waals surface area contributed by atoms with E-state index in [-0.39, 0.29) is 0 Å². The van der Waals surface area contributed by atoms with Crippen molar-refractivity contribution in [1.82, 2.24) is 20.2 Å². The van der Waals surface area contributed by atoms with Gasteiger partial charge in [-0.05, 0) is 57.1 Å². The minimum atomic E-state index is 0.808. The Kier molecular flexibility index (Phi) is 3.53. The Labute approximate surface area is 114 Å². The second kappa shape index (κ2) is 5.31. The van der Waals surface area contributed by atoms with E-state index in [0.29, 0.717) is 0 Å². The number of rotatable bonds is 4. The highest BCUT2D eigenvalue weighted by Crippen LogP contribution is 2.16. The molecule has 1 unspecified atom stereocenters. The number of hydrogen-bond acceptors (Lipinski definition) is 3. The predicted molar refractivity (Wildman–Crippen MR) is 78.1 cm³/mol. The molecule has 0 bridgehead atoms. The molecule has 19 heavy (non-hydrogen) atoms. The largest absolute Gasteiger partial charge is 0.342 e. The van der Waals surface area contributed by atoms with Gasteiger partial charge in [-0.3, -0.25) is 0 Å². The van der Waals surface area contributed by atoms with Crippen LogP contribution in [0.25, 0.3) is 11.0 Å². The van der Waals surface area contributed by atoms with Gasteiger partial charge in [-0.2, -0.15) is 0 Å². The van der Waals surface area contributed by atoms with E-state index in [4.69, 9.17) is 0 Å². The molecule has 0 aliphatic carbocycles. The van der Waals surface area contributed by atoms with Crippen molar-refractivity contribution in [1.29, 1.82) is 0 Å². The number of aryl methyl sites for hydroxylation is 1. The SMILES string of the molecule is Cc1nc2ccc(CN(C)CC3CCNC3)cc2[nH]1. The highest BCUT2D eigenvalue weighted by molar-refractivity contribution is 5.75. The van der Waals surface area contributed by atoms with E-state index in [9.17, 15) is 0 Å². The maximum Gasteiger partial charge on any atom is 0.104 e. The normalized spacial score (nSPS) is 19.6. The second-order valence-electron chi connectivity index (χ2n) is 5.73. The zero-order valence-corrected chi connectivity index (χ0v) is 11.7. The molecule has 2 aromatic rings. The lowest BCUT2D eigenvalue weighted by molar-refractivity contribution is 0.278. The maximum atomic E-state index is 4.44. The van der Waals surface area contributed by atoms with Crippen molar-refractivity contribution in [2.75, 3.05) is 26.7 Å². The van der Waals surface area contributed by atoms with Crippen LogP contribution >= 0.6 is 0 Å². The number of fused-ring (bicyclic) bond motifs is 1. The van der Waals surface area contributed by atoms with Crippen LogP contribution in [0.2, 0.25) is 0 Å². The highest BCUT2D eigenvalue weighted by Gasteiger charge is 2.16. The van der Waals surface area contributed by atoms with E-state index in [2.05, 4.69) is 45.4 Å². The Hall–Kier alpha value is -1.39. The van der Waals surface area contributed by atoms with E-state index in [1.54, 1.807) is 0 Å². The molecule has 1 aliphatic heterocycles. The molecule has 1 aromatic carbocycles. The van der Waals surface area contributed by atoms with Crippen molar-refractivity contribution in [3.8, 4) is 0 Å². The summed E-state index contributed by atoms with van der Waals surface area (Å²) in [6.45, 7) is 6.53. The number of nitrogens with one attached hydrogen (secondary N) is 2. The second-order valence-corrected chi connectivity index (χ2v) is 5.73. The molecular formula is C15H22N4. The van der Waals surface area contributed by atoms with E-state index in [0.717, 1.165) is 29.3 Å². The van der Waals surface area contributed by atoms with Crippen molar-refractivity contribution < 1.29 is 0 Å². The molecule has 0 amide bonds. The Bertz CT molecular complexity index is 554. The fraction of sp³-hybridized carbons (Fsp3) is 0.533. The van der Waals surface area contributed by atoms with Crippen molar-refractivity contribution in [3.63, 3.8) is 0 Å². The third-order valence-electron chi connectivity index (χ3n) is 3.85. The summed E-state index contributed by atoms with van der Waals surface area (Å²) in [4.78, 5) is 10.2. The standard InChI is InChI=1S/C15H22N4/c1-11-17-14-4-3-12(7-15(14)18-11)9-19(2)10-13-5-6-16-8-13/h3-4,7,13,16H,5-6,8-10H2,1-2H3,(H,17,18). The zero-order valence-electron chi connectivity index (χ0n) is 11.7. The van der Waals surface area contributed by atoms with Crippen molar-refractivity contribution in [3.05, 3.63) is 29.6 Å². The Morgan fingerprint density at radius 3 is 3.11 bits per heavy atom. The van der Waals surface area contributed by atoms with Crippen LogP contribution in [0.4, 0.5) is 0 Å². The van der Waals surface area contributed by atoms with Gasteiger partial charge in [0.15, 0.2) is 0 Å². The first-order valence-electron chi connectivity index (χ1n) is 7.05. The smallest absolute Gasteiger partial charge is 0.104 e. The zero-order chi connectivity index (χ0) is 13.2. The van der Waals surface area contributed by atoms with Crippen molar-refractivity contribution >= 4 is 11.0 Å². The van der Waals surface area contributed by atoms with E-state index in [1.165, 1.54) is 31.6 Å². The van der Waals surface area contributed by atoms with E-state index in [1.807, 2.05) is 6.92 Å². The van der Waals surface area contributed by atoms with Gasteiger partial charge in [-0.15, -0.1) is 0 Å². The molecule has 2 N–H and O–H groups in total. The van der Waals surface area contributed by atoms with Crippen LogP contribution in [-0.2, 0) is 6.54 Å². The van der Waals surface area contributed by atoms with Gasteiger partial charge in [0.2, 0.25) is 0 Å². The quantitative estimate of drug-likeness (QED) is 0.880. The van der Waals surface area contributed by atoms with Crippen molar-refractivity contribution in [2.45, 2.75) is 19.9 Å². The predicted octanol–water partition coefficient (Wildman–Crippen LogP) is 1.91. The molecule has 3 rings (SSSR count). The molecule has 1 atom stereocenters. The first-order chi connectivity index (χ1) is 9.20. The molecule has 102 valence electrons. The van der Waals surface area contributed by atoms with Gasteiger partial charge in [-0.1, -0.05) is 6.07 Å². The van der Waals surface area contributed by atoms with Gasteiger partial charge in [0, 0.05) is 13.1 Å². The Balaban J connectivity index is 1.66. The highest BCUT2D eigenvalue weighted by atomic mass is 15.1. The van der Waals surface area contributed by atoms with Crippen LogP contribution in [0.5, 0.6) is 0 Å². The third kappa shape index (κ3) is 2.96. The fourth-order valence-corrected chi connectivity index (χ4v) is 2.97. The molecule has 0 radical (unpaired) electrons.